The molecule has 1 saturated heterocycles. The quantitative estimate of drug-likeness (QED) is 0.563. The molecule has 0 aliphatic carbocycles. The number of methoxy groups -OCH3 is 1. The van der Waals surface area contributed by atoms with Gasteiger partial charge in [0.2, 0.25) is 5.89 Å². The molecule has 1 aromatic carbocycles. The van der Waals surface area contributed by atoms with Crippen molar-refractivity contribution in [1.82, 2.24) is 19.9 Å². The van der Waals surface area contributed by atoms with Crippen molar-refractivity contribution in [1.29, 1.82) is 0 Å². The van der Waals surface area contributed by atoms with Crippen molar-refractivity contribution < 1.29 is 13.9 Å². The number of rotatable bonds is 7. The SMILES string of the molecule is COCCOc1ccc2nc(CN3CCN(c4ncnc(C)c4C)CC3)oc2c1. The topological polar surface area (TPSA) is 76.8 Å². The van der Waals surface area contributed by atoms with E-state index in [1.807, 2.05) is 25.1 Å². The van der Waals surface area contributed by atoms with E-state index in [0.717, 1.165) is 66.0 Å². The van der Waals surface area contributed by atoms with E-state index in [2.05, 4.69) is 31.7 Å². The number of hydrogen-bond donors (Lipinski definition) is 0. The number of anilines is 1. The van der Waals surface area contributed by atoms with Gasteiger partial charge in [-0.3, -0.25) is 4.90 Å². The third-order valence-corrected chi connectivity index (χ3v) is 5.30. The first-order valence-electron chi connectivity index (χ1n) is 9.91. The summed E-state index contributed by atoms with van der Waals surface area (Å²) in [7, 11) is 1.66. The first kappa shape index (κ1) is 19.6. The van der Waals surface area contributed by atoms with Gasteiger partial charge in [-0.05, 0) is 26.0 Å². The Morgan fingerprint density at radius 1 is 1.07 bits per heavy atom. The minimum atomic E-state index is 0.513. The Bertz CT molecular complexity index is 966. The van der Waals surface area contributed by atoms with Gasteiger partial charge in [-0.1, -0.05) is 0 Å². The fourth-order valence-corrected chi connectivity index (χ4v) is 3.51. The molecule has 0 atom stereocenters. The van der Waals surface area contributed by atoms with Crippen LogP contribution in [0.3, 0.4) is 0 Å². The van der Waals surface area contributed by atoms with Crippen molar-refractivity contribution in [2.24, 2.45) is 0 Å². The number of fused-ring (bicyclic) bond motifs is 1. The van der Waals surface area contributed by atoms with Gasteiger partial charge in [-0.15, -0.1) is 0 Å². The van der Waals surface area contributed by atoms with Crippen LogP contribution in [0.5, 0.6) is 5.75 Å². The van der Waals surface area contributed by atoms with Gasteiger partial charge in [0.25, 0.3) is 0 Å². The maximum absolute atomic E-state index is 5.97. The number of aryl methyl sites for hydroxylation is 1. The predicted octanol–water partition coefficient (Wildman–Crippen LogP) is 2.58. The van der Waals surface area contributed by atoms with E-state index in [1.54, 1.807) is 13.4 Å². The summed E-state index contributed by atoms with van der Waals surface area (Å²) in [5.74, 6) is 2.54. The lowest BCUT2D eigenvalue weighted by molar-refractivity contribution is 0.146. The summed E-state index contributed by atoms with van der Waals surface area (Å²) in [6.07, 6.45) is 1.65. The van der Waals surface area contributed by atoms with E-state index < -0.39 is 0 Å². The van der Waals surface area contributed by atoms with Crippen LogP contribution in [0.4, 0.5) is 5.82 Å². The molecule has 2 aromatic heterocycles. The third kappa shape index (κ3) is 4.49. The molecule has 1 aliphatic heterocycles. The van der Waals surface area contributed by atoms with Crippen LogP contribution in [-0.4, -0.2) is 66.4 Å². The van der Waals surface area contributed by atoms with Gasteiger partial charge in [0.1, 0.15) is 30.0 Å². The van der Waals surface area contributed by atoms with Crippen LogP contribution in [0.15, 0.2) is 28.9 Å². The van der Waals surface area contributed by atoms with Gasteiger partial charge in [-0.25, -0.2) is 15.0 Å². The van der Waals surface area contributed by atoms with Crippen LogP contribution >= 0.6 is 0 Å². The Morgan fingerprint density at radius 3 is 2.69 bits per heavy atom. The second kappa shape index (κ2) is 8.75. The molecule has 3 aromatic rings. The predicted molar refractivity (Wildman–Crippen MR) is 110 cm³/mol. The van der Waals surface area contributed by atoms with Crippen LogP contribution in [0.25, 0.3) is 11.1 Å². The van der Waals surface area contributed by atoms with Gasteiger partial charge in [0, 0.05) is 50.6 Å². The summed E-state index contributed by atoms with van der Waals surface area (Å²) < 4.78 is 16.6. The number of ether oxygens (including phenoxy) is 2. The van der Waals surface area contributed by atoms with Crippen molar-refractivity contribution in [3.05, 3.63) is 41.7 Å². The Balaban J connectivity index is 1.36. The summed E-state index contributed by atoms with van der Waals surface area (Å²) in [4.78, 5) is 18.1. The molecule has 1 aliphatic rings. The molecule has 3 heterocycles. The first-order valence-corrected chi connectivity index (χ1v) is 9.91. The van der Waals surface area contributed by atoms with E-state index in [-0.39, 0.29) is 0 Å². The lowest BCUT2D eigenvalue weighted by Crippen LogP contribution is -2.46. The molecule has 4 rings (SSSR count). The fraction of sp³-hybridized carbons (Fsp3) is 0.476. The molecule has 0 N–H and O–H groups in total. The summed E-state index contributed by atoms with van der Waals surface area (Å²) >= 11 is 0. The number of nitrogens with zero attached hydrogens (tertiary/aromatic N) is 5. The zero-order valence-electron chi connectivity index (χ0n) is 17.2. The number of aromatic nitrogens is 3. The smallest absolute Gasteiger partial charge is 0.209 e. The summed E-state index contributed by atoms with van der Waals surface area (Å²) in [6, 6.07) is 5.73. The zero-order chi connectivity index (χ0) is 20.2. The van der Waals surface area contributed by atoms with E-state index in [4.69, 9.17) is 13.9 Å². The number of benzene rings is 1. The highest BCUT2D eigenvalue weighted by Crippen LogP contribution is 2.24. The molecule has 8 heteroatoms. The average molecular weight is 397 g/mol. The highest BCUT2D eigenvalue weighted by atomic mass is 16.5. The Morgan fingerprint density at radius 2 is 1.90 bits per heavy atom. The van der Waals surface area contributed by atoms with Crippen LogP contribution in [0.2, 0.25) is 0 Å². The maximum atomic E-state index is 5.97. The van der Waals surface area contributed by atoms with E-state index >= 15 is 0 Å². The zero-order valence-corrected chi connectivity index (χ0v) is 17.2. The number of oxazole rings is 1. The maximum Gasteiger partial charge on any atom is 0.209 e. The molecule has 154 valence electrons. The summed E-state index contributed by atoms with van der Waals surface area (Å²) in [6.45, 7) is 9.60. The number of hydrogen-bond acceptors (Lipinski definition) is 8. The van der Waals surface area contributed by atoms with Gasteiger partial charge in [-0.2, -0.15) is 0 Å². The third-order valence-electron chi connectivity index (χ3n) is 5.30. The van der Waals surface area contributed by atoms with Gasteiger partial charge >= 0.3 is 0 Å². The fourth-order valence-electron chi connectivity index (χ4n) is 3.51. The number of piperazine rings is 1. The minimum Gasteiger partial charge on any atom is -0.491 e. The van der Waals surface area contributed by atoms with Crippen LogP contribution in [-0.2, 0) is 11.3 Å². The lowest BCUT2D eigenvalue weighted by Gasteiger charge is -2.35. The normalized spacial score (nSPS) is 15.2. The monoisotopic (exact) mass is 397 g/mol. The van der Waals surface area contributed by atoms with Gasteiger partial charge in [0.15, 0.2) is 5.58 Å². The molecular formula is C21H27N5O3. The molecule has 0 saturated carbocycles. The summed E-state index contributed by atoms with van der Waals surface area (Å²) in [5, 5.41) is 0. The average Bonchev–Trinajstić information content (AvgIpc) is 3.12. The van der Waals surface area contributed by atoms with Crippen molar-refractivity contribution in [3.63, 3.8) is 0 Å². The van der Waals surface area contributed by atoms with Crippen molar-refractivity contribution in [2.45, 2.75) is 20.4 Å². The van der Waals surface area contributed by atoms with Crippen molar-refractivity contribution >= 4 is 16.9 Å². The molecular weight excluding hydrogens is 370 g/mol. The molecule has 0 spiro atoms. The van der Waals surface area contributed by atoms with Crippen LogP contribution in [0, 0.1) is 13.8 Å². The first-order chi connectivity index (χ1) is 14.1. The van der Waals surface area contributed by atoms with E-state index in [9.17, 15) is 0 Å². The van der Waals surface area contributed by atoms with Gasteiger partial charge in [0.05, 0.1) is 13.2 Å². The highest BCUT2D eigenvalue weighted by molar-refractivity contribution is 5.74. The molecule has 1 fully saturated rings. The second-order valence-electron chi connectivity index (χ2n) is 7.25. The van der Waals surface area contributed by atoms with Crippen molar-refractivity contribution in [3.8, 4) is 5.75 Å². The highest BCUT2D eigenvalue weighted by Gasteiger charge is 2.21. The summed E-state index contributed by atoms with van der Waals surface area (Å²) in [5.41, 5.74) is 3.79. The van der Waals surface area contributed by atoms with E-state index in [1.165, 1.54) is 0 Å². The second-order valence-corrected chi connectivity index (χ2v) is 7.25. The Kier molecular flexibility index (Phi) is 5.92. The lowest BCUT2D eigenvalue weighted by atomic mass is 10.2. The molecule has 0 unspecified atom stereocenters. The molecule has 0 bridgehead atoms. The van der Waals surface area contributed by atoms with Crippen LogP contribution in [0.1, 0.15) is 17.1 Å². The van der Waals surface area contributed by atoms with Gasteiger partial charge < -0.3 is 18.8 Å². The van der Waals surface area contributed by atoms with E-state index in [0.29, 0.717) is 19.8 Å². The Hall–Kier alpha value is -2.71. The molecule has 0 amide bonds. The van der Waals surface area contributed by atoms with Crippen LogP contribution < -0.4 is 9.64 Å². The minimum absolute atomic E-state index is 0.513. The van der Waals surface area contributed by atoms with Crippen molar-refractivity contribution in [2.75, 3.05) is 51.4 Å². The standard InChI is InChI=1S/C21H27N5O3/c1-15-16(2)22-14-23-21(15)26-8-6-25(7-9-26)13-20-24-18-5-4-17(12-19(18)29-20)28-11-10-27-3/h4-5,12,14H,6-11,13H2,1-3H3. The molecule has 0 radical (unpaired) electrons. The molecule has 29 heavy (non-hydrogen) atoms. The Labute approximate surface area is 170 Å². The largest absolute Gasteiger partial charge is 0.491 e. The molecule has 8 nitrogen and oxygen atoms in total.